The van der Waals surface area contributed by atoms with Crippen LogP contribution in [-0.2, 0) is 0 Å². The number of nitrogens with zero attached hydrogens (tertiary/aromatic N) is 2. The first-order valence-corrected chi connectivity index (χ1v) is 18.5. The van der Waals surface area contributed by atoms with Crippen molar-refractivity contribution in [2.24, 2.45) is 0 Å². The first kappa shape index (κ1) is 30.5. The van der Waals surface area contributed by atoms with Crippen LogP contribution in [0.25, 0.3) is 110 Å². The summed E-state index contributed by atoms with van der Waals surface area (Å²) < 4.78 is 0. The molecule has 2 aromatic heterocycles. The molecule has 2 heteroatoms. The molecule has 11 rings (SSSR count). The van der Waals surface area contributed by atoms with Crippen molar-refractivity contribution in [2.45, 2.75) is 0 Å². The summed E-state index contributed by atoms with van der Waals surface area (Å²) in [6.45, 7) is 0. The monoisotopic (exact) mass is 684 g/mol. The molecule has 250 valence electrons. The first-order valence-electron chi connectivity index (χ1n) is 18.5. The number of aromatic nitrogens is 2. The van der Waals surface area contributed by atoms with Gasteiger partial charge in [-0.3, -0.25) is 0 Å². The average molecular weight is 685 g/mol. The maximum absolute atomic E-state index is 5.47. The van der Waals surface area contributed by atoms with Crippen LogP contribution < -0.4 is 0 Å². The highest BCUT2D eigenvalue weighted by molar-refractivity contribution is 6.17. The van der Waals surface area contributed by atoms with Gasteiger partial charge in [0.2, 0.25) is 0 Å². The number of rotatable bonds is 4. The summed E-state index contributed by atoms with van der Waals surface area (Å²) in [5.41, 5.74) is 12.2. The Hall–Kier alpha value is -7.16. The van der Waals surface area contributed by atoms with Crippen molar-refractivity contribution in [3.63, 3.8) is 0 Å². The first-order chi connectivity index (χ1) is 26.7. The molecule has 0 bridgehead atoms. The Morgan fingerprint density at radius 3 is 1.43 bits per heavy atom. The molecule has 0 saturated carbocycles. The molecule has 0 saturated heterocycles. The van der Waals surface area contributed by atoms with Gasteiger partial charge >= 0.3 is 0 Å². The van der Waals surface area contributed by atoms with Gasteiger partial charge in [0.05, 0.1) is 22.2 Å². The van der Waals surface area contributed by atoms with E-state index >= 15 is 0 Å². The van der Waals surface area contributed by atoms with Crippen molar-refractivity contribution in [3.8, 4) is 44.6 Å². The Balaban J connectivity index is 1.15. The molecule has 0 aliphatic carbocycles. The second-order valence-electron chi connectivity index (χ2n) is 14.1. The lowest BCUT2D eigenvalue weighted by Crippen LogP contribution is -1.94. The zero-order valence-electron chi connectivity index (χ0n) is 29.4. The number of fused-ring (bicyclic) bond motifs is 7. The van der Waals surface area contributed by atoms with E-state index in [2.05, 4.69) is 194 Å². The minimum Gasteiger partial charge on any atom is -0.248 e. The lowest BCUT2D eigenvalue weighted by Gasteiger charge is -2.17. The smallest absolute Gasteiger partial charge is 0.0794 e. The summed E-state index contributed by atoms with van der Waals surface area (Å²) >= 11 is 0. The van der Waals surface area contributed by atoms with Gasteiger partial charge in [-0.1, -0.05) is 158 Å². The third kappa shape index (κ3) is 4.96. The SMILES string of the molecule is c1ccc2cc(-c3cc(-c4ccc5ccccc5c4)c4cc(-c5ccc(-c6c7ccccc7nc7ccccc67)cc5)c5ccccc5c4n3)ccc2c1. The van der Waals surface area contributed by atoms with Crippen molar-refractivity contribution >= 4 is 65.0 Å². The highest BCUT2D eigenvalue weighted by atomic mass is 14.7. The second-order valence-corrected chi connectivity index (χ2v) is 14.1. The highest BCUT2D eigenvalue weighted by Crippen LogP contribution is 2.42. The summed E-state index contributed by atoms with van der Waals surface area (Å²) in [5.74, 6) is 0. The summed E-state index contributed by atoms with van der Waals surface area (Å²) in [4.78, 5) is 10.4. The van der Waals surface area contributed by atoms with E-state index in [9.17, 15) is 0 Å². The molecule has 9 aromatic carbocycles. The van der Waals surface area contributed by atoms with Gasteiger partial charge in [0.1, 0.15) is 0 Å². The van der Waals surface area contributed by atoms with Crippen LogP contribution in [0.2, 0.25) is 0 Å². The standard InChI is InChI=1S/C52H32N2/c1-3-13-37-29-39(27-21-33(37)11-1)46-32-50(40-28-22-34-12-2-4-14-38(34)30-40)54-52-42-16-6-5-15-41(42)45(31-47(46)52)35-23-25-36(26-24-35)51-43-17-7-9-19-48(43)53-49-20-10-8-18-44(49)51/h1-32H. The van der Waals surface area contributed by atoms with E-state index in [1.165, 1.54) is 60.3 Å². The maximum atomic E-state index is 5.47. The van der Waals surface area contributed by atoms with Gasteiger partial charge in [0, 0.05) is 32.7 Å². The molecule has 0 spiro atoms. The van der Waals surface area contributed by atoms with Crippen LogP contribution >= 0.6 is 0 Å². The third-order valence-corrected chi connectivity index (χ3v) is 11.0. The van der Waals surface area contributed by atoms with Gasteiger partial charge in [-0.05, 0) is 91.1 Å². The molecule has 2 nitrogen and oxygen atoms in total. The molecule has 0 aliphatic rings. The van der Waals surface area contributed by atoms with E-state index in [-0.39, 0.29) is 0 Å². The normalized spacial score (nSPS) is 11.7. The summed E-state index contributed by atoms with van der Waals surface area (Å²) in [6.07, 6.45) is 0. The summed E-state index contributed by atoms with van der Waals surface area (Å²) in [7, 11) is 0. The largest absolute Gasteiger partial charge is 0.248 e. The van der Waals surface area contributed by atoms with E-state index in [0.29, 0.717) is 0 Å². The van der Waals surface area contributed by atoms with E-state index in [1.807, 2.05) is 0 Å². The van der Waals surface area contributed by atoms with Gasteiger partial charge < -0.3 is 0 Å². The lowest BCUT2D eigenvalue weighted by molar-refractivity contribution is 1.41. The van der Waals surface area contributed by atoms with Crippen LogP contribution in [0, 0.1) is 0 Å². The molecule has 0 amide bonds. The number of pyridine rings is 2. The number of benzene rings is 9. The fraction of sp³-hybridized carbons (Fsp3) is 0. The zero-order chi connectivity index (χ0) is 35.6. The van der Waals surface area contributed by atoms with E-state index < -0.39 is 0 Å². The predicted octanol–water partition coefficient (Wildman–Crippen LogP) is 14.1. The lowest BCUT2D eigenvalue weighted by atomic mass is 9.89. The van der Waals surface area contributed by atoms with Crippen molar-refractivity contribution in [1.82, 2.24) is 9.97 Å². The Labute approximate surface area is 312 Å². The van der Waals surface area contributed by atoms with Crippen LogP contribution in [0.1, 0.15) is 0 Å². The second kappa shape index (κ2) is 12.2. The molecule has 0 atom stereocenters. The average Bonchev–Trinajstić information content (AvgIpc) is 3.24. The van der Waals surface area contributed by atoms with E-state index in [0.717, 1.165) is 49.4 Å². The van der Waals surface area contributed by atoms with E-state index in [1.54, 1.807) is 0 Å². The number of para-hydroxylation sites is 2. The number of hydrogen-bond acceptors (Lipinski definition) is 2. The Bertz CT molecular complexity index is 3210. The molecule has 0 aliphatic heterocycles. The molecular weight excluding hydrogens is 653 g/mol. The van der Waals surface area contributed by atoms with Gasteiger partial charge in [0.25, 0.3) is 0 Å². The van der Waals surface area contributed by atoms with Gasteiger partial charge in [-0.25, -0.2) is 9.97 Å². The molecular formula is C52H32N2. The Morgan fingerprint density at radius 1 is 0.278 bits per heavy atom. The minimum atomic E-state index is 0.968. The Morgan fingerprint density at radius 2 is 0.759 bits per heavy atom. The van der Waals surface area contributed by atoms with Gasteiger partial charge in [-0.2, -0.15) is 0 Å². The predicted molar refractivity (Wildman–Crippen MR) is 229 cm³/mol. The molecule has 0 unspecified atom stereocenters. The van der Waals surface area contributed by atoms with Crippen LogP contribution in [-0.4, -0.2) is 9.97 Å². The molecule has 0 radical (unpaired) electrons. The fourth-order valence-corrected chi connectivity index (χ4v) is 8.35. The van der Waals surface area contributed by atoms with Crippen molar-refractivity contribution in [3.05, 3.63) is 194 Å². The Kier molecular flexibility index (Phi) is 6.90. The van der Waals surface area contributed by atoms with E-state index in [4.69, 9.17) is 9.97 Å². The third-order valence-electron chi connectivity index (χ3n) is 11.0. The van der Waals surface area contributed by atoms with Crippen LogP contribution in [0.4, 0.5) is 0 Å². The molecule has 54 heavy (non-hydrogen) atoms. The molecule has 11 aromatic rings. The summed E-state index contributed by atoms with van der Waals surface area (Å²) in [5, 5.41) is 10.7. The van der Waals surface area contributed by atoms with Crippen LogP contribution in [0.3, 0.4) is 0 Å². The maximum Gasteiger partial charge on any atom is 0.0794 e. The number of hydrogen-bond donors (Lipinski definition) is 0. The van der Waals surface area contributed by atoms with Crippen LogP contribution in [0.5, 0.6) is 0 Å². The zero-order valence-corrected chi connectivity index (χ0v) is 29.4. The minimum absolute atomic E-state index is 0.968. The van der Waals surface area contributed by atoms with Crippen LogP contribution in [0.15, 0.2) is 194 Å². The molecule has 2 heterocycles. The van der Waals surface area contributed by atoms with Gasteiger partial charge in [0.15, 0.2) is 0 Å². The van der Waals surface area contributed by atoms with Crippen molar-refractivity contribution < 1.29 is 0 Å². The highest BCUT2D eigenvalue weighted by Gasteiger charge is 2.17. The van der Waals surface area contributed by atoms with Crippen molar-refractivity contribution in [2.75, 3.05) is 0 Å². The molecule has 0 fully saturated rings. The quantitative estimate of drug-likeness (QED) is 0.136. The topological polar surface area (TPSA) is 25.8 Å². The fourth-order valence-electron chi connectivity index (χ4n) is 8.35. The van der Waals surface area contributed by atoms with Gasteiger partial charge in [-0.15, -0.1) is 0 Å². The summed E-state index contributed by atoms with van der Waals surface area (Å²) in [6, 6.07) is 70.0. The molecule has 0 N–H and O–H groups in total. The van der Waals surface area contributed by atoms with Crippen molar-refractivity contribution in [1.29, 1.82) is 0 Å².